The molecule has 3 heteroatoms. The molecule has 1 saturated carbocycles. The lowest BCUT2D eigenvalue weighted by Gasteiger charge is -2.37. The molecule has 17 heavy (non-hydrogen) atoms. The van der Waals surface area contributed by atoms with Gasteiger partial charge in [-0.1, -0.05) is 32.9 Å². The number of aliphatic hydroxyl groups excluding tert-OH is 1. The fourth-order valence-corrected chi connectivity index (χ4v) is 3.16. The van der Waals surface area contributed by atoms with Crippen LogP contribution in [0.15, 0.2) is 12.2 Å². The Kier molecular flexibility index (Phi) is 4.61. The predicted molar refractivity (Wildman–Crippen MR) is 75.6 cm³/mol. The second-order valence-electron chi connectivity index (χ2n) is 6.82. The third kappa shape index (κ3) is 3.43. The van der Waals surface area contributed by atoms with Gasteiger partial charge in [-0.25, -0.2) is 0 Å². The van der Waals surface area contributed by atoms with Crippen molar-refractivity contribution in [1.29, 1.82) is 0 Å². The standard InChI is InChI=1S/C14H28O2Si/c1-11-7-8-12(13(11)9-15)10-16-17(5,6)14(2,3)4/h12-13,15H,1,7-10H2,2-6H3/t12-,13+/m0/s1. The Morgan fingerprint density at radius 1 is 1.41 bits per heavy atom. The van der Waals surface area contributed by atoms with E-state index in [1.807, 2.05) is 0 Å². The van der Waals surface area contributed by atoms with E-state index in [4.69, 9.17) is 4.43 Å². The van der Waals surface area contributed by atoms with Crippen LogP contribution in [0.4, 0.5) is 0 Å². The van der Waals surface area contributed by atoms with Crippen molar-refractivity contribution in [3.05, 3.63) is 12.2 Å². The highest BCUT2D eigenvalue weighted by Gasteiger charge is 2.39. The molecule has 0 heterocycles. The Bertz CT molecular complexity index is 278. The molecule has 1 fully saturated rings. The molecule has 1 rings (SSSR count). The summed E-state index contributed by atoms with van der Waals surface area (Å²) < 4.78 is 6.24. The molecule has 0 bridgehead atoms. The lowest BCUT2D eigenvalue weighted by molar-refractivity contribution is 0.157. The topological polar surface area (TPSA) is 29.5 Å². The summed E-state index contributed by atoms with van der Waals surface area (Å²) in [7, 11) is -1.65. The van der Waals surface area contributed by atoms with Crippen molar-refractivity contribution in [2.24, 2.45) is 11.8 Å². The third-order valence-corrected chi connectivity index (χ3v) is 9.09. The maximum Gasteiger partial charge on any atom is 0.191 e. The highest BCUT2D eigenvalue weighted by molar-refractivity contribution is 6.74. The summed E-state index contributed by atoms with van der Waals surface area (Å²) in [6.45, 7) is 16.4. The van der Waals surface area contributed by atoms with E-state index in [9.17, 15) is 5.11 Å². The van der Waals surface area contributed by atoms with Crippen LogP contribution in [0.25, 0.3) is 0 Å². The van der Waals surface area contributed by atoms with Gasteiger partial charge in [0.05, 0.1) is 0 Å². The largest absolute Gasteiger partial charge is 0.417 e. The predicted octanol–water partition coefficient (Wildman–Crippen LogP) is 3.58. The maximum atomic E-state index is 9.39. The fraction of sp³-hybridized carbons (Fsp3) is 0.857. The minimum atomic E-state index is -1.65. The summed E-state index contributed by atoms with van der Waals surface area (Å²) in [5.41, 5.74) is 1.20. The molecular weight excluding hydrogens is 228 g/mol. The van der Waals surface area contributed by atoms with Crippen LogP contribution >= 0.6 is 0 Å². The van der Waals surface area contributed by atoms with Gasteiger partial charge in [-0.3, -0.25) is 0 Å². The molecule has 2 nitrogen and oxygen atoms in total. The normalized spacial score (nSPS) is 26.6. The Labute approximate surface area is 107 Å². The Morgan fingerprint density at radius 3 is 2.47 bits per heavy atom. The Hall–Kier alpha value is -0.123. The third-order valence-electron chi connectivity index (χ3n) is 4.59. The Morgan fingerprint density at radius 2 is 2.00 bits per heavy atom. The van der Waals surface area contributed by atoms with E-state index < -0.39 is 8.32 Å². The van der Waals surface area contributed by atoms with Gasteiger partial charge in [0.15, 0.2) is 8.32 Å². The lowest BCUT2D eigenvalue weighted by atomic mass is 9.96. The maximum absolute atomic E-state index is 9.39. The molecule has 0 aromatic heterocycles. The van der Waals surface area contributed by atoms with E-state index in [1.54, 1.807) is 0 Å². The molecule has 0 aliphatic heterocycles. The Balaban J connectivity index is 2.54. The van der Waals surface area contributed by atoms with Crippen LogP contribution in [0, 0.1) is 11.8 Å². The molecule has 0 saturated heterocycles. The molecule has 100 valence electrons. The van der Waals surface area contributed by atoms with Gasteiger partial charge >= 0.3 is 0 Å². The zero-order valence-corrected chi connectivity index (χ0v) is 13.0. The van der Waals surface area contributed by atoms with Gasteiger partial charge in [0.25, 0.3) is 0 Å². The van der Waals surface area contributed by atoms with Crippen LogP contribution < -0.4 is 0 Å². The van der Waals surface area contributed by atoms with Crippen LogP contribution in [0.3, 0.4) is 0 Å². The molecule has 0 aromatic rings. The van der Waals surface area contributed by atoms with E-state index in [0.29, 0.717) is 5.92 Å². The van der Waals surface area contributed by atoms with Crippen molar-refractivity contribution in [2.45, 2.75) is 51.7 Å². The van der Waals surface area contributed by atoms with Crippen LogP contribution in [-0.2, 0) is 4.43 Å². The van der Waals surface area contributed by atoms with Gasteiger partial charge in [0.2, 0.25) is 0 Å². The molecule has 0 radical (unpaired) electrons. The van der Waals surface area contributed by atoms with Gasteiger partial charge in [0, 0.05) is 19.1 Å². The molecule has 0 spiro atoms. The summed E-state index contributed by atoms with van der Waals surface area (Å²) in [5, 5.41) is 9.65. The average molecular weight is 256 g/mol. The fourth-order valence-electron chi connectivity index (χ4n) is 2.10. The first kappa shape index (κ1) is 14.9. The average Bonchev–Trinajstić information content (AvgIpc) is 2.54. The van der Waals surface area contributed by atoms with Crippen LogP contribution in [0.2, 0.25) is 18.1 Å². The monoisotopic (exact) mass is 256 g/mol. The van der Waals surface area contributed by atoms with Crippen molar-refractivity contribution < 1.29 is 9.53 Å². The smallest absolute Gasteiger partial charge is 0.191 e. The second-order valence-corrected chi connectivity index (χ2v) is 11.6. The summed E-state index contributed by atoms with van der Waals surface area (Å²) in [6.07, 6.45) is 2.18. The molecule has 0 amide bonds. The molecule has 0 unspecified atom stereocenters. The summed E-state index contributed by atoms with van der Waals surface area (Å²) in [5.74, 6) is 0.737. The number of hydrogen-bond donors (Lipinski definition) is 1. The zero-order valence-electron chi connectivity index (χ0n) is 12.0. The molecule has 1 aliphatic carbocycles. The van der Waals surface area contributed by atoms with E-state index >= 15 is 0 Å². The van der Waals surface area contributed by atoms with Crippen molar-refractivity contribution >= 4 is 8.32 Å². The van der Waals surface area contributed by atoms with Gasteiger partial charge in [0.1, 0.15) is 0 Å². The van der Waals surface area contributed by atoms with Crippen molar-refractivity contribution in [3.8, 4) is 0 Å². The highest BCUT2D eigenvalue weighted by atomic mass is 28.4. The quantitative estimate of drug-likeness (QED) is 0.615. The van der Waals surface area contributed by atoms with Crippen molar-refractivity contribution in [1.82, 2.24) is 0 Å². The molecule has 1 N–H and O–H groups in total. The summed E-state index contributed by atoms with van der Waals surface area (Å²) in [6, 6.07) is 0. The van der Waals surface area contributed by atoms with Gasteiger partial charge in [-0.05, 0) is 36.9 Å². The molecule has 2 atom stereocenters. The van der Waals surface area contributed by atoms with Crippen molar-refractivity contribution in [2.75, 3.05) is 13.2 Å². The van der Waals surface area contributed by atoms with Crippen LogP contribution in [0.5, 0.6) is 0 Å². The number of hydrogen-bond acceptors (Lipinski definition) is 2. The number of rotatable bonds is 4. The van der Waals surface area contributed by atoms with E-state index in [1.165, 1.54) is 5.57 Å². The summed E-state index contributed by atoms with van der Waals surface area (Å²) >= 11 is 0. The first-order chi connectivity index (χ1) is 7.69. The zero-order chi connectivity index (χ0) is 13.3. The number of aliphatic hydroxyl groups is 1. The van der Waals surface area contributed by atoms with E-state index in [0.717, 1.165) is 19.4 Å². The highest BCUT2D eigenvalue weighted by Crippen LogP contribution is 2.40. The van der Waals surface area contributed by atoms with Crippen LogP contribution in [-0.4, -0.2) is 26.6 Å². The minimum absolute atomic E-state index is 0.227. The summed E-state index contributed by atoms with van der Waals surface area (Å²) in [4.78, 5) is 0. The van der Waals surface area contributed by atoms with Gasteiger partial charge < -0.3 is 9.53 Å². The molecule has 0 aromatic carbocycles. The molecule has 1 aliphatic rings. The van der Waals surface area contributed by atoms with Gasteiger partial charge in [-0.2, -0.15) is 0 Å². The van der Waals surface area contributed by atoms with Gasteiger partial charge in [-0.15, -0.1) is 0 Å². The van der Waals surface area contributed by atoms with Crippen molar-refractivity contribution in [3.63, 3.8) is 0 Å². The van der Waals surface area contributed by atoms with E-state index in [-0.39, 0.29) is 17.6 Å². The molecular formula is C14H28O2Si. The lowest BCUT2D eigenvalue weighted by Crippen LogP contribution is -2.42. The first-order valence-electron chi connectivity index (χ1n) is 6.61. The van der Waals surface area contributed by atoms with E-state index in [2.05, 4.69) is 40.4 Å². The minimum Gasteiger partial charge on any atom is -0.417 e. The first-order valence-corrected chi connectivity index (χ1v) is 9.52. The SMILES string of the molecule is C=C1CC[C@@H](CO[Si](C)(C)C(C)(C)C)[C@@H]1CO. The second kappa shape index (κ2) is 5.25. The van der Waals surface area contributed by atoms with Crippen LogP contribution in [0.1, 0.15) is 33.6 Å².